The molecule has 0 aromatic carbocycles. The first-order valence-electron chi connectivity index (χ1n) is 2.94. The molecule has 0 aliphatic carbocycles. The highest BCUT2D eigenvalue weighted by atomic mass is 19.4. The molecule has 2 nitrogen and oxygen atoms in total. The second-order valence-corrected chi connectivity index (χ2v) is 2.27. The summed E-state index contributed by atoms with van der Waals surface area (Å²) in [6.45, 7) is 0. The molecule has 1 rings (SSSR count). The van der Waals surface area contributed by atoms with Gasteiger partial charge in [0.15, 0.2) is 5.60 Å². The molecule has 0 saturated heterocycles. The Morgan fingerprint density at radius 3 is 2.36 bits per heavy atom. The van der Waals surface area contributed by atoms with Crippen LogP contribution in [0, 0.1) is 0 Å². The van der Waals surface area contributed by atoms with E-state index in [0.717, 1.165) is 12.4 Å². The normalized spacial score (nSPS) is 30.9. The zero-order valence-corrected chi connectivity index (χ0v) is 5.47. The Labute approximate surface area is 61.1 Å². The minimum atomic E-state index is -4.62. The van der Waals surface area contributed by atoms with E-state index in [2.05, 4.69) is 4.99 Å². The van der Waals surface area contributed by atoms with Gasteiger partial charge in [-0.15, -0.1) is 0 Å². The highest BCUT2D eigenvalue weighted by Gasteiger charge is 2.51. The molecule has 0 aromatic rings. The Bertz CT molecular complexity index is 208. The average Bonchev–Trinajstić information content (AvgIpc) is 1.87. The highest BCUT2D eigenvalue weighted by molar-refractivity contribution is 5.62. The number of hydrogen-bond donors (Lipinski definition) is 1. The van der Waals surface area contributed by atoms with Crippen molar-refractivity contribution in [3.05, 3.63) is 12.3 Å². The summed E-state index contributed by atoms with van der Waals surface area (Å²) in [5.41, 5.74) is -2.71. The van der Waals surface area contributed by atoms with Crippen LogP contribution in [-0.4, -0.2) is 23.1 Å². The van der Waals surface area contributed by atoms with Crippen molar-refractivity contribution in [2.75, 3.05) is 0 Å². The maximum Gasteiger partial charge on any atom is 0.421 e. The number of rotatable bonds is 0. The quantitative estimate of drug-likeness (QED) is 0.576. The van der Waals surface area contributed by atoms with Crippen LogP contribution < -0.4 is 0 Å². The van der Waals surface area contributed by atoms with Gasteiger partial charge >= 0.3 is 6.18 Å². The fraction of sp³-hybridized carbons (Fsp3) is 0.500. The zero-order chi connectivity index (χ0) is 8.54. The van der Waals surface area contributed by atoms with Crippen molar-refractivity contribution in [1.29, 1.82) is 0 Å². The third-order valence-electron chi connectivity index (χ3n) is 1.44. The van der Waals surface area contributed by atoms with Crippen LogP contribution in [0.15, 0.2) is 17.3 Å². The van der Waals surface area contributed by atoms with Crippen LogP contribution in [0.25, 0.3) is 0 Å². The summed E-state index contributed by atoms with van der Waals surface area (Å²) in [5.74, 6) is 0. The van der Waals surface area contributed by atoms with E-state index in [1.807, 2.05) is 0 Å². The first-order valence-corrected chi connectivity index (χ1v) is 2.94. The largest absolute Gasteiger partial charge is 0.421 e. The molecule has 0 amide bonds. The van der Waals surface area contributed by atoms with Crippen LogP contribution in [0.5, 0.6) is 0 Å². The number of nitrogens with zero attached hydrogens (tertiary/aromatic N) is 1. The van der Waals surface area contributed by atoms with E-state index in [4.69, 9.17) is 5.11 Å². The topological polar surface area (TPSA) is 32.6 Å². The summed E-state index contributed by atoms with van der Waals surface area (Å²) in [7, 11) is 0. The van der Waals surface area contributed by atoms with Gasteiger partial charge in [0.2, 0.25) is 0 Å². The minimum Gasteiger partial charge on any atom is -0.376 e. The predicted molar refractivity (Wildman–Crippen MR) is 33.3 cm³/mol. The molecule has 1 N–H and O–H groups in total. The Morgan fingerprint density at radius 2 is 2.09 bits per heavy atom. The lowest BCUT2D eigenvalue weighted by Gasteiger charge is -2.26. The summed E-state index contributed by atoms with van der Waals surface area (Å²) in [5, 5.41) is 8.90. The maximum absolute atomic E-state index is 12.0. The Morgan fingerprint density at radius 1 is 1.45 bits per heavy atom. The second kappa shape index (κ2) is 2.34. The van der Waals surface area contributed by atoms with Gasteiger partial charge in [-0.2, -0.15) is 13.2 Å². The van der Waals surface area contributed by atoms with Gasteiger partial charge in [0.1, 0.15) is 0 Å². The average molecular weight is 165 g/mol. The lowest BCUT2D eigenvalue weighted by atomic mass is 9.99. The molecule has 1 unspecified atom stereocenters. The van der Waals surface area contributed by atoms with Gasteiger partial charge in [-0.3, -0.25) is 4.99 Å². The first kappa shape index (κ1) is 8.26. The van der Waals surface area contributed by atoms with E-state index in [0.29, 0.717) is 6.08 Å². The third-order valence-corrected chi connectivity index (χ3v) is 1.44. The predicted octanol–water partition coefficient (Wildman–Crippen LogP) is 1.27. The number of aliphatic imine (C=N–C) groups is 1. The van der Waals surface area contributed by atoms with E-state index < -0.39 is 18.2 Å². The van der Waals surface area contributed by atoms with Gasteiger partial charge < -0.3 is 5.11 Å². The fourth-order valence-corrected chi connectivity index (χ4v) is 0.697. The summed E-state index contributed by atoms with van der Waals surface area (Å²) in [6, 6.07) is 0. The molecule has 11 heavy (non-hydrogen) atoms. The SMILES string of the molecule is OC1(C(F)(F)F)C=CN=CC1. The molecule has 1 aliphatic heterocycles. The van der Waals surface area contributed by atoms with Crippen LogP contribution in [0.3, 0.4) is 0 Å². The van der Waals surface area contributed by atoms with Gasteiger partial charge in [0.05, 0.1) is 0 Å². The summed E-state index contributed by atoms with van der Waals surface area (Å²) in [4.78, 5) is 3.42. The molecule has 0 bridgehead atoms. The molecule has 0 radical (unpaired) electrons. The van der Waals surface area contributed by atoms with Gasteiger partial charge in [0, 0.05) is 18.8 Å². The molecule has 1 aliphatic rings. The van der Waals surface area contributed by atoms with Crippen molar-refractivity contribution in [3.63, 3.8) is 0 Å². The number of halogens is 3. The van der Waals surface area contributed by atoms with Gasteiger partial charge in [-0.1, -0.05) is 0 Å². The molecule has 0 saturated carbocycles. The standard InChI is InChI=1S/C6H6F3NO/c7-6(8,9)5(11)1-3-10-4-2-5/h1,3-4,11H,2H2. The minimum absolute atomic E-state index is 0.507. The molecule has 0 spiro atoms. The molecule has 1 atom stereocenters. The number of aliphatic hydroxyl groups is 1. The molecule has 62 valence electrons. The number of hydrogen-bond acceptors (Lipinski definition) is 2. The van der Waals surface area contributed by atoms with Crippen molar-refractivity contribution in [1.82, 2.24) is 0 Å². The van der Waals surface area contributed by atoms with Crippen LogP contribution in [0.2, 0.25) is 0 Å². The van der Waals surface area contributed by atoms with E-state index in [1.165, 1.54) is 0 Å². The van der Waals surface area contributed by atoms with Gasteiger partial charge in [0.25, 0.3) is 0 Å². The molecular weight excluding hydrogens is 159 g/mol. The van der Waals surface area contributed by atoms with Crippen molar-refractivity contribution < 1.29 is 18.3 Å². The van der Waals surface area contributed by atoms with Gasteiger partial charge in [-0.05, 0) is 6.08 Å². The van der Waals surface area contributed by atoms with Gasteiger partial charge in [-0.25, -0.2) is 0 Å². The highest BCUT2D eigenvalue weighted by Crippen LogP contribution is 2.34. The Kier molecular flexibility index (Phi) is 1.75. The lowest BCUT2D eigenvalue weighted by molar-refractivity contribution is -0.236. The van der Waals surface area contributed by atoms with E-state index in [1.54, 1.807) is 0 Å². The van der Waals surface area contributed by atoms with E-state index >= 15 is 0 Å². The molecule has 0 fully saturated rings. The van der Waals surface area contributed by atoms with Crippen LogP contribution in [0.4, 0.5) is 13.2 Å². The maximum atomic E-state index is 12.0. The van der Waals surface area contributed by atoms with E-state index in [9.17, 15) is 13.2 Å². The first-order chi connectivity index (χ1) is 4.96. The van der Waals surface area contributed by atoms with Crippen LogP contribution in [-0.2, 0) is 0 Å². The monoisotopic (exact) mass is 165 g/mol. The van der Waals surface area contributed by atoms with E-state index in [-0.39, 0.29) is 0 Å². The van der Waals surface area contributed by atoms with Crippen molar-refractivity contribution in [3.8, 4) is 0 Å². The third kappa shape index (κ3) is 1.42. The summed E-state index contributed by atoms with van der Waals surface area (Å²) >= 11 is 0. The zero-order valence-electron chi connectivity index (χ0n) is 5.47. The van der Waals surface area contributed by atoms with Crippen molar-refractivity contribution in [2.24, 2.45) is 4.99 Å². The van der Waals surface area contributed by atoms with Crippen molar-refractivity contribution in [2.45, 2.75) is 18.2 Å². The van der Waals surface area contributed by atoms with Crippen molar-refractivity contribution >= 4 is 6.21 Å². The molecule has 5 heteroatoms. The molecular formula is C6H6F3NO. The molecule has 0 aromatic heterocycles. The second-order valence-electron chi connectivity index (χ2n) is 2.27. The number of alkyl halides is 3. The smallest absolute Gasteiger partial charge is 0.376 e. The summed E-state index contributed by atoms with van der Waals surface area (Å²) < 4.78 is 35.9. The lowest BCUT2D eigenvalue weighted by Crippen LogP contribution is -2.44. The Balaban J connectivity index is 2.84. The van der Waals surface area contributed by atoms with Crippen LogP contribution >= 0.6 is 0 Å². The molecule has 1 heterocycles. The summed E-state index contributed by atoms with van der Waals surface area (Å²) in [6.07, 6.45) is -2.50. The fourth-order valence-electron chi connectivity index (χ4n) is 0.697. The Hall–Kier alpha value is -0.840. The van der Waals surface area contributed by atoms with Crippen LogP contribution in [0.1, 0.15) is 6.42 Å².